The molecule has 7 aromatic rings. The first-order valence-corrected chi connectivity index (χ1v) is 14.1. The Morgan fingerprint density at radius 1 is 0.610 bits per heavy atom. The highest BCUT2D eigenvalue weighted by molar-refractivity contribution is 6.12. The van der Waals surface area contributed by atoms with E-state index >= 15 is 0 Å². The van der Waals surface area contributed by atoms with Crippen molar-refractivity contribution in [1.29, 1.82) is 0 Å². The number of anilines is 3. The first kappa shape index (κ1) is 23.7. The van der Waals surface area contributed by atoms with Gasteiger partial charge in [0, 0.05) is 22.4 Å². The zero-order chi connectivity index (χ0) is 27.6. The van der Waals surface area contributed by atoms with Crippen LogP contribution in [0.2, 0.25) is 0 Å². The summed E-state index contributed by atoms with van der Waals surface area (Å²) in [5, 5.41) is 2.16. The van der Waals surface area contributed by atoms with Crippen LogP contribution in [0.5, 0.6) is 0 Å². The van der Waals surface area contributed by atoms with Gasteiger partial charge in [0.1, 0.15) is 5.52 Å². The van der Waals surface area contributed by atoms with Crippen LogP contribution < -0.4 is 4.90 Å². The molecular formula is C38H28N2O. The molecule has 0 amide bonds. The van der Waals surface area contributed by atoms with E-state index in [0.717, 1.165) is 44.5 Å². The number of benzene rings is 6. The number of para-hydroxylation sites is 1. The minimum atomic E-state index is -0.0914. The van der Waals surface area contributed by atoms with Crippen molar-refractivity contribution in [1.82, 2.24) is 4.98 Å². The van der Waals surface area contributed by atoms with Crippen molar-refractivity contribution in [2.45, 2.75) is 19.3 Å². The van der Waals surface area contributed by atoms with Crippen molar-refractivity contribution in [3.05, 3.63) is 145 Å². The molecule has 0 bridgehead atoms. The lowest BCUT2D eigenvalue weighted by Crippen LogP contribution is -2.16. The van der Waals surface area contributed by atoms with Gasteiger partial charge in [-0.1, -0.05) is 98.8 Å². The summed E-state index contributed by atoms with van der Waals surface area (Å²) in [5.41, 5.74) is 11.1. The molecule has 0 radical (unpaired) electrons. The van der Waals surface area contributed by atoms with Gasteiger partial charge < -0.3 is 9.32 Å². The van der Waals surface area contributed by atoms with Crippen LogP contribution in [0.3, 0.4) is 0 Å². The van der Waals surface area contributed by atoms with Crippen LogP contribution >= 0.6 is 0 Å². The van der Waals surface area contributed by atoms with E-state index in [1.807, 2.05) is 30.3 Å². The summed E-state index contributed by atoms with van der Waals surface area (Å²) < 4.78 is 6.54. The molecule has 3 heteroatoms. The molecule has 0 aliphatic heterocycles. The second-order valence-corrected chi connectivity index (χ2v) is 11.2. The van der Waals surface area contributed by atoms with Gasteiger partial charge in [-0.3, -0.25) is 0 Å². The molecule has 0 N–H and O–H groups in total. The van der Waals surface area contributed by atoms with Crippen LogP contribution in [0.4, 0.5) is 17.1 Å². The summed E-state index contributed by atoms with van der Waals surface area (Å²) in [7, 11) is 0. The van der Waals surface area contributed by atoms with Crippen LogP contribution in [-0.2, 0) is 5.41 Å². The zero-order valence-corrected chi connectivity index (χ0v) is 23.0. The molecule has 6 aromatic carbocycles. The fraction of sp³-hybridized carbons (Fsp3) is 0.0789. The maximum absolute atomic E-state index is 6.54. The topological polar surface area (TPSA) is 29.3 Å². The van der Waals surface area contributed by atoms with Gasteiger partial charge in [0.2, 0.25) is 5.89 Å². The minimum absolute atomic E-state index is 0.0914. The highest BCUT2D eigenvalue weighted by atomic mass is 16.3. The predicted octanol–water partition coefficient (Wildman–Crippen LogP) is 10.4. The number of hydrogen-bond acceptors (Lipinski definition) is 3. The molecular weight excluding hydrogens is 500 g/mol. The maximum atomic E-state index is 6.54. The second-order valence-electron chi connectivity index (χ2n) is 11.2. The molecule has 3 nitrogen and oxygen atoms in total. The first-order chi connectivity index (χ1) is 20.1. The van der Waals surface area contributed by atoms with Gasteiger partial charge in [-0.05, 0) is 76.2 Å². The molecule has 0 atom stereocenters. The van der Waals surface area contributed by atoms with E-state index in [1.54, 1.807) is 0 Å². The van der Waals surface area contributed by atoms with Crippen molar-refractivity contribution < 1.29 is 4.42 Å². The lowest BCUT2D eigenvalue weighted by atomic mass is 9.82. The molecule has 1 heterocycles. The summed E-state index contributed by atoms with van der Waals surface area (Å²) in [6.07, 6.45) is 0. The zero-order valence-electron chi connectivity index (χ0n) is 23.0. The van der Waals surface area contributed by atoms with Crippen LogP contribution in [0.25, 0.3) is 44.5 Å². The van der Waals surface area contributed by atoms with Gasteiger partial charge in [-0.25, -0.2) is 4.98 Å². The fourth-order valence-corrected chi connectivity index (χ4v) is 6.46. The molecule has 1 aromatic heterocycles. The summed E-state index contributed by atoms with van der Waals surface area (Å²) in [6, 6.07) is 47.1. The van der Waals surface area contributed by atoms with Gasteiger partial charge in [-0.2, -0.15) is 0 Å². The molecule has 0 saturated carbocycles. The molecule has 0 fully saturated rings. The third kappa shape index (κ3) is 3.63. The van der Waals surface area contributed by atoms with Crippen LogP contribution in [0, 0.1) is 0 Å². The van der Waals surface area contributed by atoms with Crippen molar-refractivity contribution in [2.24, 2.45) is 0 Å². The molecule has 41 heavy (non-hydrogen) atoms. The summed E-state index contributed by atoms with van der Waals surface area (Å²) in [5.74, 6) is 0.631. The van der Waals surface area contributed by atoms with E-state index in [-0.39, 0.29) is 5.41 Å². The highest BCUT2D eigenvalue weighted by Crippen LogP contribution is 2.51. The molecule has 196 valence electrons. The SMILES string of the molecule is CC1(C)c2ccccc2-c2ccc(N(c3ccccc3)c3cccc4ccc5nc(-c6ccccc6)oc5c34)cc21. The van der Waals surface area contributed by atoms with Crippen molar-refractivity contribution >= 4 is 38.9 Å². The average molecular weight is 529 g/mol. The number of oxazole rings is 1. The van der Waals surface area contributed by atoms with Crippen LogP contribution in [0.1, 0.15) is 25.0 Å². The third-order valence-corrected chi connectivity index (χ3v) is 8.48. The van der Waals surface area contributed by atoms with Gasteiger partial charge in [0.05, 0.1) is 11.1 Å². The van der Waals surface area contributed by atoms with E-state index < -0.39 is 0 Å². The first-order valence-electron chi connectivity index (χ1n) is 14.1. The second kappa shape index (κ2) is 8.94. The molecule has 8 rings (SSSR count). The summed E-state index contributed by atoms with van der Waals surface area (Å²) >= 11 is 0. The van der Waals surface area contributed by atoms with Gasteiger partial charge >= 0.3 is 0 Å². The van der Waals surface area contributed by atoms with Crippen molar-refractivity contribution in [3.63, 3.8) is 0 Å². The van der Waals surface area contributed by atoms with Crippen LogP contribution in [0.15, 0.2) is 138 Å². The van der Waals surface area contributed by atoms with Gasteiger partial charge in [0.25, 0.3) is 0 Å². The fourth-order valence-electron chi connectivity index (χ4n) is 6.46. The minimum Gasteiger partial charge on any atom is -0.435 e. The standard InChI is InChI=1S/C38H28N2O/c1-38(2)31-18-10-9-17-29(31)30-22-21-28(24-32(30)38)40(27-15-7-4-8-16-27)34-19-11-14-25-20-23-33-36(35(25)34)41-37(39-33)26-12-5-3-6-13-26/h3-24H,1-2H3. The summed E-state index contributed by atoms with van der Waals surface area (Å²) in [6.45, 7) is 4.66. The van der Waals surface area contributed by atoms with Gasteiger partial charge in [-0.15, -0.1) is 0 Å². The Bertz CT molecular complexity index is 2070. The predicted molar refractivity (Wildman–Crippen MR) is 169 cm³/mol. The highest BCUT2D eigenvalue weighted by Gasteiger charge is 2.35. The largest absolute Gasteiger partial charge is 0.435 e. The lowest BCUT2D eigenvalue weighted by molar-refractivity contribution is 0.623. The summed E-state index contributed by atoms with van der Waals surface area (Å²) in [4.78, 5) is 7.24. The Labute approximate surface area is 239 Å². The number of rotatable bonds is 4. The van der Waals surface area contributed by atoms with Crippen molar-refractivity contribution in [2.75, 3.05) is 4.90 Å². The molecule has 0 unspecified atom stereocenters. The quantitative estimate of drug-likeness (QED) is 0.228. The Hall–Kier alpha value is -5.15. The normalized spacial score (nSPS) is 13.3. The van der Waals surface area contributed by atoms with E-state index in [4.69, 9.17) is 9.40 Å². The average Bonchev–Trinajstić information content (AvgIpc) is 3.56. The molecule has 1 aliphatic rings. The number of nitrogens with zero attached hydrogens (tertiary/aromatic N) is 2. The van der Waals surface area contributed by atoms with Crippen molar-refractivity contribution in [3.8, 4) is 22.6 Å². The maximum Gasteiger partial charge on any atom is 0.227 e. The number of hydrogen-bond donors (Lipinski definition) is 0. The van der Waals surface area contributed by atoms with E-state index in [0.29, 0.717) is 5.89 Å². The molecule has 0 spiro atoms. The Morgan fingerprint density at radius 3 is 2.17 bits per heavy atom. The van der Waals surface area contributed by atoms with E-state index in [2.05, 4.69) is 122 Å². The lowest BCUT2D eigenvalue weighted by Gasteiger charge is -2.29. The smallest absolute Gasteiger partial charge is 0.227 e. The van der Waals surface area contributed by atoms with Crippen LogP contribution in [-0.4, -0.2) is 4.98 Å². The monoisotopic (exact) mass is 528 g/mol. The Morgan fingerprint density at radius 2 is 1.34 bits per heavy atom. The Balaban J connectivity index is 1.38. The number of aromatic nitrogens is 1. The molecule has 0 saturated heterocycles. The Kier molecular flexibility index (Phi) is 5.17. The van der Waals surface area contributed by atoms with Gasteiger partial charge in [0.15, 0.2) is 5.58 Å². The third-order valence-electron chi connectivity index (χ3n) is 8.48. The number of fused-ring (bicyclic) bond motifs is 6. The van der Waals surface area contributed by atoms with E-state index in [1.165, 1.54) is 22.3 Å². The molecule has 1 aliphatic carbocycles. The van der Waals surface area contributed by atoms with E-state index in [9.17, 15) is 0 Å².